The zero-order chi connectivity index (χ0) is 33.7. The van der Waals surface area contributed by atoms with Crippen LogP contribution in [0.25, 0.3) is 56.4 Å². The lowest BCUT2D eigenvalue weighted by Gasteiger charge is -2.25. The van der Waals surface area contributed by atoms with Gasteiger partial charge in [0.2, 0.25) is 0 Å². The molecule has 240 valence electrons. The van der Waals surface area contributed by atoms with Crippen LogP contribution >= 0.6 is 0 Å². The van der Waals surface area contributed by atoms with Crippen molar-refractivity contribution in [2.24, 2.45) is 0 Å². The Hall–Kier alpha value is -6.65. The molecule has 7 aromatic carbocycles. The summed E-state index contributed by atoms with van der Waals surface area (Å²) in [7, 11) is 0. The third-order valence-corrected chi connectivity index (χ3v) is 10.3. The number of anilines is 2. The van der Waals surface area contributed by atoms with Gasteiger partial charge in [-0.05, 0) is 74.8 Å². The van der Waals surface area contributed by atoms with E-state index < -0.39 is 0 Å². The van der Waals surface area contributed by atoms with E-state index in [-0.39, 0.29) is 11.8 Å². The van der Waals surface area contributed by atoms with E-state index in [0.29, 0.717) is 17.5 Å². The number of aromatic nitrogens is 3. The Labute approximate surface area is 297 Å². The number of hydrogen-bond donors (Lipinski definition) is 1. The van der Waals surface area contributed by atoms with Crippen LogP contribution in [0.2, 0.25) is 0 Å². The van der Waals surface area contributed by atoms with Gasteiger partial charge in [0.1, 0.15) is 0 Å². The van der Waals surface area contributed by atoms with Gasteiger partial charge >= 0.3 is 0 Å². The van der Waals surface area contributed by atoms with E-state index in [9.17, 15) is 0 Å². The van der Waals surface area contributed by atoms with Gasteiger partial charge in [-0.15, -0.1) is 0 Å². The van der Waals surface area contributed by atoms with E-state index in [1.54, 1.807) is 0 Å². The Kier molecular flexibility index (Phi) is 6.91. The van der Waals surface area contributed by atoms with Gasteiger partial charge in [-0.2, -0.15) is 0 Å². The van der Waals surface area contributed by atoms with E-state index in [0.717, 1.165) is 28.1 Å². The van der Waals surface area contributed by atoms with Crippen molar-refractivity contribution in [3.63, 3.8) is 0 Å². The number of benzene rings is 7. The Bertz CT molecular complexity index is 2510. The molecule has 2 atom stereocenters. The van der Waals surface area contributed by atoms with Crippen LogP contribution in [0, 0.1) is 0 Å². The molecule has 0 saturated carbocycles. The summed E-state index contributed by atoms with van der Waals surface area (Å²) < 4.78 is 0. The van der Waals surface area contributed by atoms with Crippen molar-refractivity contribution in [3.05, 3.63) is 198 Å². The van der Waals surface area contributed by atoms with E-state index >= 15 is 0 Å². The van der Waals surface area contributed by atoms with Crippen LogP contribution < -0.4 is 5.32 Å². The van der Waals surface area contributed by atoms with Crippen molar-refractivity contribution in [2.75, 3.05) is 5.32 Å². The number of rotatable bonds is 6. The summed E-state index contributed by atoms with van der Waals surface area (Å²) in [6, 6.07) is 62.2. The number of nitrogens with zero attached hydrogens (tertiary/aromatic N) is 3. The summed E-state index contributed by atoms with van der Waals surface area (Å²) in [5, 5.41) is 3.66. The minimum Gasteiger partial charge on any atom is -0.356 e. The van der Waals surface area contributed by atoms with Crippen LogP contribution in [0.15, 0.2) is 176 Å². The van der Waals surface area contributed by atoms with Crippen molar-refractivity contribution < 1.29 is 0 Å². The van der Waals surface area contributed by atoms with Gasteiger partial charge in [0.25, 0.3) is 0 Å². The molecule has 2 aliphatic carbocycles. The summed E-state index contributed by atoms with van der Waals surface area (Å²) in [5.41, 5.74) is 15.6. The van der Waals surface area contributed by atoms with Gasteiger partial charge in [0, 0.05) is 39.9 Å². The third kappa shape index (κ3) is 5.03. The maximum absolute atomic E-state index is 5.09. The van der Waals surface area contributed by atoms with Crippen molar-refractivity contribution >= 4 is 11.4 Å². The molecule has 0 bridgehead atoms. The van der Waals surface area contributed by atoms with Crippen LogP contribution in [0.4, 0.5) is 11.4 Å². The summed E-state index contributed by atoms with van der Waals surface area (Å²) in [4.78, 5) is 15.1. The lowest BCUT2D eigenvalue weighted by atomic mass is 9.78. The molecular weight excluding hydrogens is 621 g/mol. The lowest BCUT2D eigenvalue weighted by molar-refractivity contribution is 0.724. The highest BCUT2D eigenvalue weighted by molar-refractivity contribution is 5.87. The fraction of sp³-hybridized carbons (Fsp3) is 0.0426. The second kappa shape index (κ2) is 12.0. The van der Waals surface area contributed by atoms with Gasteiger partial charge < -0.3 is 5.32 Å². The number of fused-ring (bicyclic) bond motifs is 6. The maximum Gasteiger partial charge on any atom is 0.164 e. The molecule has 0 fully saturated rings. The van der Waals surface area contributed by atoms with E-state index in [2.05, 4.69) is 139 Å². The molecule has 2 aliphatic rings. The van der Waals surface area contributed by atoms with Gasteiger partial charge in [0.05, 0.1) is 0 Å². The summed E-state index contributed by atoms with van der Waals surface area (Å²) in [6.07, 6.45) is 0. The molecule has 1 aromatic heterocycles. The van der Waals surface area contributed by atoms with Crippen LogP contribution in [0.5, 0.6) is 0 Å². The van der Waals surface area contributed by atoms with Crippen molar-refractivity contribution in [1.29, 1.82) is 0 Å². The first kappa shape index (κ1) is 29.3. The first-order chi connectivity index (χ1) is 25.3. The SMILES string of the molecule is c1ccc(Nc2ccc3c(c2)C(C2c4ccccc4-c4ccc(-c5nc(-c6ccccc6)nc(-c6ccccc6)n5)cc42)c2ccccc2-3)cc1. The Balaban J connectivity index is 1.15. The molecule has 0 saturated heterocycles. The van der Waals surface area contributed by atoms with Crippen molar-refractivity contribution in [2.45, 2.75) is 11.8 Å². The Morgan fingerprint density at radius 2 is 0.745 bits per heavy atom. The fourth-order valence-corrected chi connectivity index (χ4v) is 8.05. The largest absolute Gasteiger partial charge is 0.356 e. The molecule has 1 N–H and O–H groups in total. The molecule has 10 rings (SSSR count). The Morgan fingerprint density at radius 3 is 1.31 bits per heavy atom. The lowest BCUT2D eigenvalue weighted by Crippen LogP contribution is -2.10. The summed E-state index contributed by atoms with van der Waals surface area (Å²) in [6.45, 7) is 0. The van der Waals surface area contributed by atoms with Crippen molar-refractivity contribution in [1.82, 2.24) is 15.0 Å². The molecule has 4 nitrogen and oxygen atoms in total. The molecular formula is C47H32N4. The summed E-state index contributed by atoms with van der Waals surface area (Å²) in [5.74, 6) is 2.23. The number of hydrogen-bond acceptors (Lipinski definition) is 4. The smallest absolute Gasteiger partial charge is 0.164 e. The monoisotopic (exact) mass is 652 g/mol. The third-order valence-electron chi connectivity index (χ3n) is 10.3. The second-order valence-electron chi connectivity index (χ2n) is 13.3. The minimum absolute atomic E-state index is 0.106. The average Bonchev–Trinajstić information content (AvgIpc) is 3.70. The van der Waals surface area contributed by atoms with Crippen LogP contribution in [-0.2, 0) is 0 Å². The van der Waals surface area contributed by atoms with Gasteiger partial charge in [-0.3, -0.25) is 0 Å². The standard InChI is InChI=1S/C47H32N4/c1-4-14-30(15-5-1)45-49-46(31-16-6-2-7-17-31)51-47(50-45)32-24-26-37-35-20-10-12-22-39(35)43(41(37)28-32)44-40-23-13-11-21-36(40)38-27-25-34(29-42(38)44)48-33-18-8-3-9-19-33/h1-29,43-44,48H. The molecule has 0 spiro atoms. The van der Waals surface area contributed by atoms with Gasteiger partial charge in [-0.25, -0.2) is 15.0 Å². The summed E-state index contributed by atoms with van der Waals surface area (Å²) >= 11 is 0. The van der Waals surface area contributed by atoms with E-state index in [4.69, 9.17) is 15.0 Å². The highest BCUT2D eigenvalue weighted by Gasteiger charge is 2.41. The molecule has 4 heteroatoms. The van der Waals surface area contributed by atoms with Gasteiger partial charge in [0.15, 0.2) is 17.5 Å². The topological polar surface area (TPSA) is 50.7 Å². The highest BCUT2D eigenvalue weighted by Crippen LogP contribution is 2.59. The van der Waals surface area contributed by atoms with E-state index in [1.165, 1.54) is 44.5 Å². The quantitative estimate of drug-likeness (QED) is 0.194. The minimum atomic E-state index is 0.106. The predicted octanol–water partition coefficient (Wildman–Crippen LogP) is 11.5. The average molecular weight is 653 g/mol. The molecule has 0 radical (unpaired) electrons. The van der Waals surface area contributed by atoms with E-state index in [1.807, 2.05) is 42.5 Å². The molecule has 0 aliphatic heterocycles. The first-order valence-electron chi connectivity index (χ1n) is 17.4. The number of nitrogens with one attached hydrogen (secondary N) is 1. The zero-order valence-corrected chi connectivity index (χ0v) is 27.7. The van der Waals surface area contributed by atoms with Gasteiger partial charge in [-0.1, -0.05) is 146 Å². The zero-order valence-electron chi connectivity index (χ0n) is 27.7. The van der Waals surface area contributed by atoms with Crippen LogP contribution in [0.1, 0.15) is 34.1 Å². The first-order valence-corrected chi connectivity index (χ1v) is 17.4. The highest BCUT2D eigenvalue weighted by atomic mass is 15.0. The van der Waals surface area contributed by atoms with Crippen molar-refractivity contribution in [3.8, 4) is 56.4 Å². The number of para-hydroxylation sites is 1. The Morgan fingerprint density at radius 1 is 0.314 bits per heavy atom. The predicted molar refractivity (Wildman–Crippen MR) is 207 cm³/mol. The second-order valence-corrected chi connectivity index (χ2v) is 13.3. The normalized spacial score (nSPS) is 15.1. The molecule has 2 unspecified atom stereocenters. The van der Waals surface area contributed by atoms with Crippen LogP contribution in [-0.4, -0.2) is 15.0 Å². The fourth-order valence-electron chi connectivity index (χ4n) is 8.05. The van der Waals surface area contributed by atoms with Crippen LogP contribution in [0.3, 0.4) is 0 Å². The molecule has 51 heavy (non-hydrogen) atoms. The maximum atomic E-state index is 5.09. The molecule has 0 amide bonds. The molecule has 1 heterocycles. The molecule has 8 aromatic rings.